The lowest BCUT2D eigenvalue weighted by Crippen LogP contribution is -2.38. The Kier molecular flexibility index (Phi) is 8.67. The molecule has 7 heteroatoms. The van der Waals surface area contributed by atoms with Crippen LogP contribution in [0.1, 0.15) is 50.7 Å². The van der Waals surface area contributed by atoms with Gasteiger partial charge in [-0.2, -0.15) is 0 Å². The van der Waals surface area contributed by atoms with E-state index in [1.54, 1.807) is 7.11 Å². The van der Waals surface area contributed by atoms with Gasteiger partial charge in [-0.1, -0.05) is 68.4 Å². The molecule has 42 heavy (non-hydrogen) atoms. The Labute approximate surface area is 247 Å². The summed E-state index contributed by atoms with van der Waals surface area (Å²) in [4.78, 5) is 27.3. The summed E-state index contributed by atoms with van der Waals surface area (Å²) in [6.07, 6.45) is 1.09. The van der Waals surface area contributed by atoms with Crippen molar-refractivity contribution in [2.75, 3.05) is 20.3 Å². The van der Waals surface area contributed by atoms with Crippen LogP contribution in [0.25, 0.3) is 0 Å². The molecule has 218 valence electrons. The molecule has 1 aliphatic heterocycles. The third-order valence-electron chi connectivity index (χ3n) is 7.55. The molecule has 0 unspecified atom stereocenters. The molecule has 1 N–H and O–H groups in total. The quantitative estimate of drug-likeness (QED) is 0.221. The van der Waals surface area contributed by atoms with Crippen molar-refractivity contribution in [2.45, 2.75) is 46.1 Å². The summed E-state index contributed by atoms with van der Waals surface area (Å²) in [7, 11) is 1.58. The van der Waals surface area contributed by atoms with Gasteiger partial charge in [0.25, 0.3) is 0 Å². The number of hydrogen-bond acceptors (Lipinski definition) is 7. The number of allylic oxidation sites excluding steroid dienone is 3. The molecule has 0 saturated carbocycles. The van der Waals surface area contributed by atoms with Crippen LogP contribution in [0.2, 0.25) is 0 Å². The number of ketones is 1. The van der Waals surface area contributed by atoms with Crippen molar-refractivity contribution in [1.82, 2.24) is 5.32 Å². The van der Waals surface area contributed by atoms with Crippen molar-refractivity contribution in [2.24, 2.45) is 5.41 Å². The van der Waals surface area contributed by atoms with E-state index in [1.807, 2.05) is 85.8 Å². The second kappa shape index (κ2) is 12.6. The maximum atomic E-state index is 13.7. The number of hydrogen-bond donors (Lipinski definition) is 1. The topological polar surface area (TPSA) is 83.1 Å². The largest absolute Gasteiger partial charge is 0.493 e. The summed E-state index contributed by atoms with van der Waals surface area (Å²) in [5.74, 6) is 0.723. The lowest BCUT2D eigenvalue weighted by molar-refractivity contribution is -0.140. The van der Waals surface area contributed by atoms with Crippen molar-refractivity contribution in [3.8, 4) is 17.2 Å². The Balaban J connectivity index is 1.43. The number of benzene rings is 3. The number of carbonyl (C=O) groups is 2. The number of rotatable bonds is 10. The van der Waals surface area contributed by atoms with E-state index in [2.05, 4.69) is 19.2 Å². The van der Waals surface area contributed by atoms with Crippen molar-refractivity contribution in [3.63, 3.8) is 0 Å². The maximum Gasteiger partial charge on any atom is 0.336 e. The fraction of sp³-hybridized carbons (Fsp3) is 0.314. The van der Waals surface area contributed by atoms with Crippen LogP contribution in [0.15, 0.2) is 101 Å². The molecule has 3 aromatic carbocycles. The molecule has 1 atom stereocenters. The third-order valence-corrected chi connectivity index (χ3v) is 7.55. The number of dihydropyridines is 1. The predicted octanol–water partition coefficient (Wildman–Crippen LogP) is 6.50. The second-order valence-corrected chi connectivity index (χ2v) is 11.4. The van der Waals surface area contributed by atoms with Crippen molar-refractivity contribution in [1.29, 1.82) is 0 Å². The molecule has 0 saturated heterocycles. The standard InChI is InChI=1S/C35H37NO6/c1-23-31(34(38)41-18-17-40-26-13-9-6-10-14-26)32(33-27(36-23)20-35(2,3)21-28(33)37)25-15-16-29(30(19-25)39-4)42-22-24-11-7-5-8-12-24/h5-16,19,32,36H,17-18,20-22H2,1-4H3/t32-/m1/s1. The summed E-state index contributed by atoms with van der Waals surface area (Å²) < 4.78 is 23.2. The average molecular weight is 568 g/mol. The highest BCUT2D eigenvalue weighted by Crippen LogP contribution is 2.48. The first-order valence-corrected chi connectivity index (χ1v) is 14.2. The van der Waals surface area contributed by atoms with Crippen LogP contribution >= 0.6 is 0 Å². The number of Topliss-reactive ketones (excluding diaryl/α,β-unsaturated/α-hetero) is 1. The van der Waals surface area contributed by atoms with Crippen LogP contribution in [-0.2, 0) is 20.9 Å². The zero-order valence-corrected chi connectivity index (χ0v) is 24.6. The van der Waals surface area contributed by atoms with E-state index >= 15 is 0 Å². The van der Waals surface area contributed by atoms with Crippen LogP contribution in [0.4, 0.5) is 0 Å². The van der Waals surface area contributed by atoms with Crippen LogP contribution in [0, 0.1) is 5.41 Å². The number of esters is 1. The van der Waals surface area contributed by atoms with Gasteiger partial charge in [0.2, 0.25) is 0 Å². The molecular weight excluding hydrogens is 530 g/mol. The van der Waals surface area contributed by atoms with Crippen molar-refractivity contribution < 1.29 is 28.5 Å². The molecule has 1 heterocycles. The van der Waals surface area contributed by atoms with Gasteiger partial charge < -0.3 is 24.3 Å². The number of ether oxygens (including phenoxy) is 4. The Morgan fingerprint density at radius 1 is 0.905 bits per heavy atom. The summed E-state index contributed by atoms with van der Waals surface area (Å²) in [5, 5.41) is 3.38. The zero-order valence-electron chi connectivity index (χ0n) is 24.6. The molecule has 0 spiro atoms. The van der Waals surface area contributed by atoms with Crippen LogP contribution in [0.3, 0.4) is 0 Å². The smallest absolute Gasteiger partial charge is 0.336 e. The number of para-hydroxylation sites is 1. The summed E-state index contributed by atoms with van der Waals surface area (Å²) in [6, 6.07) is 24.8. The Bertz CT molecular complexity index is 1510. The number of carbonyl (C=O) groups excluding carboxylic acids is 2. The minimum atomic E-state index is -0.607. The molecule has 5 rings (SSSR count). The number of methoxy groups -OCH3 is 1. The molecule has 7 nitrogen and oxygen atoms in total. The molecular formula is C35H37NO6. The van der Waals surface area contributed by atoms with E-state index in [9.17, 15) is 9.59 Å². The van der Waals surface area contributed by atoms with E-state index in [4.69, 9.17) is 18.9 Å². The highest BCUT2D eigenvalue weighted by molar-refractivity contribution is 6.04. The Hall–Kier alpha value is -4.52. The van der Waals surface area contributed by atoms with Gasteiger partial charge in [-0.05, 0) is 54.2 Å². The van der Waals surface area contributed by atoms with Gasteiger partial charge in [0.05, 0.1) is 12.7 Å². The lowest BCUT2D eigenvalue weighted by Gasteiger charge is -2.39. The molecule has 3 aromatic rings. The zero-order chi connectivity index (χ0) is 29.7. The van der Waals surface area contributed by atoms with Gasteiger partial charge in [-0.15, -0.1) is 0 Å². The van der Waals surface area contributed by atoms with Gasteiger partial charge in [0, 0.05) is 29.3 Å². The van der Waals surface area contributed by atoms with E-state index < -0.39 is 11.9 Å². The van der Waals surface area contributed by atoms with Gasteiger partial charge in [-0.25, -0.2) is 4.79 Å². The van der Waals surface area contributed by atoms with Crippen molar-refractivity contribution >= 4 is 11.8 Å². The molecule has 0 aromatic heterocycles. The lowest BCUT2D eigenvalue weighted by atomic mass is 9.68. The first-order valence-electron chi connectivity index (χ1n) is 14.2. The highest BCUT2D eigenvalue weighted by atomic mass is 16.6. The Morgan fingerprint density at radius 2 is 1.62 bits per heavy atom. The SMILES string of the molecule is COc1cc([C@@H]2C(C(=O)OCCOc3ccccc3)=C(C)NC3=C2C(=O)CC(C)(C)C3)ccc1OCc1ccccc1. The summed E-state index contributed by atoms with van der Waals surface area (Å²) in [5.41, 5.74) is 4.13. The van der Waals surface area contributed by atoms with Crippen molar-refractivity contribution in [3.05, 3.63) is 113 Å². The summed E-state index contributed by atoms with van der Waals surface area (Å²) >= 11 is 0. The second-order valence-electron chi connectivity index (χ2n) is 11.4. The molecule has 0 amide bonds. The first kappa shape index (κ1) is 29.0. The first-order chi connectivity index (χ1) is 20.3. The van der Waals surface area contributed by atoms with E-state index in [1.165, 1.54) is 0 Å². The maximum absolute atomic E-state index is 13.7. The van der Waals surface area contributed by atoms with Crippen LogP contribution < -0.4 is 19.5 Å². The van der Waals surface area contributed by atoms with E-state index in [0.29, 0.717) is 53.5 Å². The predicted molar refractivity (Wildman–Crippen MR) is 160 cm³/mol. The average Bonchev–Trinajstić information content (AvgIpc) is 2.97. The highest BCUT2D eigenvalue weighted by Gasteiger charge is 2.43. The molecule has 0 radical (unpaired) electrons. The fourth-order valence-corrected chi connectivity index (χ4v) is 5.65. The van der Waals surface area contributed by atoms with Gasteiger partial charge in [0.1, 0.15) is 25.6 Å². The fourth-order valence-electron chi connectivity index (χ4n) is 5.65. The normalized spacial score (nSPS) is 17.7. The van der Waals surface area contributed by atoms with E-state index in [0.717, 1.165) is 16.8 Å². The van der Waals surface area contributed by atoms with E-state index in [-0.39, 0.29) is 24.4 Å². The minimum absolute atomic E-state index is 0.0207. The monoisotopic (exact) mass is 567 g/mol. The summed E-state index contributed by atoms with van der Waals surface area (Å²) in [6.45, 7) is 6.69. The van der Waals surface area contributed by atoms with Crippen LogP contribution in [0.5, 0.6) is 17.2 Å². The minimum Gasteiger partial charge on any atom is -0.493 e. The molecule has 0 bridgehead atoms. The molecule has 1 aliphatic carbocycles. The van der Waals surface area contributed by atoms with Gasteiger partial charge in [0.15, 0.2) is 17.3 Å². The number of nitrogens with one attached hydrogen (secondary N) is 1. The van der Waals surface area contributed by atoms with Crippen LogP contribution in [-0.4, -0.2) is 32.1 Å². The molecule has 0 fully saturated rings. The Morgan fingerprint density at radius 3 is 2.33 bits per heavy atom. The third kappa shape index (κ3) is 6.51. The van der Waals surface area contributed by atoms with Gasteiger partial charge >= 0.3 is 5.97 Å². The molecule has 2 aliphatic rings. The van der Waals surface area contributed by atoms with Gasteiger partial charge in [-0.3, -0.25) is 4.79 Å².